The first-order valence-electron chi connectivity index (χ1n) is 6.06. The Morgan fingerprint density at radius 3 is 2.40 bits per heavy atom. The lowest BCUT2D eigenvalue weighted by Crippen LogP contribution is -1.94. The predicted molar refractivity (Wildman–Crippen MR) is 77.8 cm³/mol. The molecule has 0 radical (unpaired) electrons. The minimum atomic E-state index is -0.960. The van der Waals surface area contributed by atoms with Crippen molar-refractivity contribution >= 4 is 23.3 Å². The van der Waals surface area contributed by atoms with Crippen LogP contribution >= 0.6 is 11.6 Å². The quantitative estimate of drug-likeness (QED) is 0.815. The Balaban J connectivity index is 2.13. The van der Waals surface area contributed by atoms with Crippen molar-refractivity contribution in [2.24, 2.45) is 10.2 Å². The van der Waals surface area contributed by atoms with E-state index in [4.69, 9.17) is 16.7 Å². The Morgan fingerprint density at radius 1 is 1.15 bits per heavy atom. The Labute approximate surface area is 121 Å². The van der Waals surface area contributed by atoms with Crippen LogP contribution in [0.5, 0.6) is 0 Å². The van der Waals surface area contributed by atoms with Gasteiger partial charge in [-0.2, -0.15) is 10.2 Å². The number of carboxylic acids is 1. The number of benzene rings is 2. The van der Waals surface area contributed by atoms with Crippen LogP contribution in [0.4, 0.5) is 5.69 Å². The molecular weight excluding hydrogens is 276 g/mol. The summed E-state index contributed by atoms with van der Waals surface area (Å²) in [5, 5.41) is 17.7. The third-order valence-corrected chi connectivity index (χ3v) is 3.16. The van der Waals surface area contributed by atoms with Gasteiger partial charge in [0.15, 0.2) is 0 Å². The third-order valence-electron chi connectivity index (χ3n) is 2.82. The average molecular weight is 289 g/mol. The SMILES string of the molecule is CC(N=Nc1ccc(C(=O)O)cc1)c1ccccc1Cl. The average Bonchev–Trinajstić information content (AvgIpc) is 2.45. The highest BCUT2D eigenvalue weighted by Gasteiger charge is 2.07. The first-order valence-corrected chi connectivity index (χ1v) is 6.44. The van der Waals surface area contributed by atoms with Gasteiger partial charge in [-0.15, -0.1) is 0 Å². The van der Waals surface area contributed by atoms with Crippen molar-refractivity contribution in [1.82, 2.24) is 0 Å². The zero-order valence-corrected chi connectivity index (χ0v) is 11.6. The summed E-state index contributed by atoms with van der Waals surface area (Å²) >= 11 is 6.09. The van der Waals surface area contributed by atoms with Crippen LogP contribution in [-0.4, -0.2) is 11.1 Å². The molecule has 0 saturated heterocycles. The highest BCUT2D eigenvalue weighted by molar-refractivity contribution is 6.31. The summed E-state index contributed by atoms with van der Waals surface area (Å²) in [6.07, 6.45) is 0. The van der Waals surface area contributed by atoms with Crippen LogP contribution in [0.3, 0.4) is 0 Å². The van der Waals surface area contributed by atoms with E-state index in [9.17, 15) is 4.79 Å². The van der Waals surface area contributed by atoms with E-state index in [0.29, 0.717) is 10.7 Å². The molecule has 0 aliphatic rings. The second-order valence-corrected chi connectivity index (χ2v) is 4.67. The Morgan fingerprint density at radius 2 is 1.80 bits per heavy atom. The van der Waals surface area contributed by atoms with Gasteiger partial charge in [-0.05, 0) is 42.8 Å². The van der Waals surface area contributed by atoms with Crippen molar-refractivity contribution in [3.63, 3.8) is 0 Å². The van der Waals surface area contributed by atoms with E-state index in [1.54, 1.807) is 12.1 Å². The summed E-state index contributed by atoms with van der Waals surface area (Å²) in [6.45, 7) is 1.90. The van der Waals surface area contributed by atoms with E-state index < -0.39 is 5.97 Å². The predicted octanol–water partition coefficient (Wildman–Crippen LogP) is 4.88. The minimum absolute atomic E-state index is 0.164. The van der Waals surface area contributed by atoms with Crippen molar-refractivity contribution in [2.45, 2.75) is 13.0 Å². The summed E-state index contributed by atoms with van der Waals surface area (Å²) in [5.74, 6) is -0.960. The molecule has 2 aromatic carbocycles. The second kappa shape index (κ2) is 6.30. The van der Waals surface area contributed by atoms with Crippen molar-refractivity contribution in [2.75, 3.05) is 0 Å². The lowest BCUT2D eigenvalue weighted by atomic mass is 10.1. The minimum Gasteiger partial charge on any atom is -0.478 e. The molecule has 2 rings (SSSR count). The van der Waals surface area contributed by atoms with Crippen molar-refractivity contribution in [3.05, 3.63) is 64.7 Å². The molecule has 0 saturated carbocycles. The van der Waals surface area contributed by atoms with Gasteiger partial charge in [0.05, 0.1) is 17.3 Å². The number of carboxylic acid groups (broad SMARTS) is 1. The highest BCUT2D eigenvalue weighted by Crippen LogP contribution is 2.26. The molecule has 20 heavy (non-hydrogen) atoms. The van der Waals surface area contributed by atoms with Crippen LogP contribution in [-0.2, 0) is 0 Å². The molecule has 5 heteroatoms. The molecule has 0 heterocycles. The number of nitrogens with zero attached hydrogens (tertiary/aromatic N) is 2. The largest absolute Gasteiger partial charge is 0.478 e. The van der Waals surface area contributed by atoms with E-state index in [1.165, 1.54) is 12.1 Å². The van der Waals surface area contributed by atoms with Crippen molar-refractivity contribution in [3.8, 4) is 0 Å². The molecule has 102 valence electrons. The zero-order chi connectivity index (χ0) is 14.5. The molecule has 1 N–H and O–H groups in total. The van der Waals surface area contributed by atoms with Gasteiger partial charge in [-0.1, -0.05) is 29.8 Å². The fraction of sp³-hybridized carbons (Fsp3) is 0.133. The third kappa shape index (κ3) is 3.42. The highest BCUT2D eigenvalue weighted by atomic mass is 35.5. The van der Waals surface area contributed by atoms with Gasteiger partial charge in [0.1, 0.15) is 0 Å². The Kier molecular flexibility index (Phi) is 4.48. The van der Waals surface area contributed by atoms with E-state index in [2.05, 4.69) is 10.2 Å². The molecule has 0 aromatic heterocycles. The summed E-state index contributed by atoms with van der Waals surface area (Å²) < 4.78 is 0. The number of azo groups is 1. The molecule has 0 amide bonds. The maximum absolute atomic E-state index is 10.7. The number of carbonyl (C=O) groups is 1. The molecule has 2 aromatic rings. The van der Waals surface area contributed by atoms with E-state index in [-0.39, 0.29) is 11.6 Å². The van der Waals surface area contributed by atoms with Crippen LogP contribution in [0.2, 0.25) is 5.02 Å². The molecule has 0 aliphatic carbocycles. The topological polar surface area (TPSA) is 62.0 Å². The molecule has 4 nitrogen and oxygen atoms in total. The number of halogens is 1. The van der Waals surface area contributed by atoms with Crippen LogP contribution in [0.25, 0.3) is 0 Å². The lowest BCUT2D eigenvalue weighted by Gasteiger charge is -2.07. The first-order chi connectivity index (χ1) is 9.58. The standard InChI is InChI=1S/C15H13ClN2O2/c1-10(13-4-2-3-5-14(13)16)17-18-12-8-6-11(7-9-12)15(19)20/h2-10H,1H3,(H,19,20). The molecule has 0 aliphatic heterocycles. The number of hydrogen-bond donors (Lipinski definition) is 1. The summed E-state index contributed by atoms with van der Waals surface area (Å²) in [4.78, 5) is 10.7. The van der Waals surface area contributed by atoms with Gasteiger partial charge >= 0.3 is 5.97 Å². The molecular formula is C15H13ClN2O2. The number of aromatic carboxylic acids is 1. The molecule has 1 unspecified atom stereocenters. The van der Waals surface area contributed by atoms with Crippen LogP contribution in [0.15, 0.2) is 58.8 Å². The van der Waals surface area contributed by atoms with Crippen molar-refractivity contribution in [1.29, 1.82) is 0 Å². The summed E-state index contributed by atoms with van der Waals surface area (Å²) in [5.41, 5.74) is 1.73. The van der Waals surface area contributed by atoms with Gasteiger partial charge in [-0.3, -0.25) is 0 Å². The maximum atomic E-state index is 10.7. The van der Waals surface area contributed by atoms with Gasteiger partial charge in [0.2, 0.25) is 0 Å². The molecule has 0 fully saturated rings. The molecule has 0 spiro atoms. The van der Waals surface area contributed by atoms with Gasteiger partial charge in [-0.25, -0.2) is 4.79 Å². The Bertz CT molecular complexity index is 639. The lowest BCUT2D eigenvalue weighted by molar-refractivity contribution is 0.0697. The first kappa shape index (κ1) is 14.2. The van der Waals surface area contributed by atoms with Gasteiger partial charge < -0.3 is 5.11 Å². The van der Waals surface area contributed by atoms with Crippen LogP contribution in [0.1, 0.15) is 28.9 Å². The van der Waals surface area contributed by atoms with E-state index >= 15 is 0 Å². The maximum Gasteiger partial charge on any atom is 0.335 e. The molecule has 0 bridgehead atoms. The second-order valence-electron chi connectivity index (χ2n) is 4.26. The van der Waals surface area contributed by atoms with Crippen LogP contribution < -0.4 is 0 Å². The smallest absolute Gasteiger partial charge is 0.335 e. The monoisotopic (exact) mass is 288 g/mol. The summed E-state index contributed by atoms with van der Waals surface area (Å²) in [6, 6.07) is 13.5. The fourth-order valence-electron chi connectivity index (χ4n) is 1.70. The van der Waals surface area contributed by atoms with Crippen molar-refractivity contribution < 1.29 is 9.90 Å². The zero-order valence-electron chi connectivity index (χ0n) is 10.8. The summed E-state index contributed by atoms with van der Waals surface area (Å²) in [7, 11) is 0. The van der Waals surface area contributed by atoms with Gasteiger partial charge in [0, 0.05) is 5.02 Å². The Hall–Kier alpha value is -2.20. The van der Waals surface area contributed by atoms with Crippen LogP contribution in [0, 0.1) is 0 Å². The van der Waals surface area contributed by atoms with Gasteiger partial charge in [0.25, 0.3) is 0 Å². The number of hydrogen-bond acceptors (Lipinski definition) is 3. The normalized spacial score (nSPS) is 12.5. The van der Waals surface area contributed by atoms with E-state index in [0.717, 1.165) is 5.56 Å². The molecule has 1 atom stereocenters. The number of rotatable bonds is 4. The van der Waals surface area contributed by atoms with E-state index in [1.807, 2.05) is 31.2 Å². The fourth-order valence-corrected chi connectivity index (χ4v) is 1.99.